The van der Waals surface area contributed by atoms with E-state index in [1.807, 2.05) is 0 Å². The van der Waals surface area contributed by atoms with Crippen molar-refractivity contribution in [2.45, 2.75) is 30.6 Å². The van der Waals surface area contributed by atoms with Crippen LogP contribution in [0.4, 0.5) is 10.7 Å². The number of nitrogens with two attached hydrogens (primary N) is 1. The second-order valence-corrected chi connectivity index (χ2v) is 10.3. The van der Waals surface area contributed by atoms with E-state index in [9.17, 15) is 18.0 Å². The number of carbonyl (C=O) groups is 2. The molecule has 1 aliphatic carbocycles. The Morgan fingerprint density at radius 1 is 1.03 bits per heavy atom. The van der Waals surface area contributed by atoms with Crippen LogP contribution in [-0.2, 0) is 22.9 Å². The molecule has 2 aromatic carbocycles. The van der Waals surface area contributed by atoms with Crippen molar-refractivity contribution in [1.29, 1.82) is 0 Å². The highest BCUT2D eigenvalue weighted by atomic mass is 32.2. The Morgan fingerprint density at radius 3 is 2.42 bits per heavy atom. The van der Waals surface area contributed by atoms with Gasteiger partial charge in [-0.25, -0.2) is 8.42 Å². The lowest BCUT2D eigenvalue weighted by Crippen LogP contribution is -2.20. The molecule has 0 aliphatic heterocycles. The normalized spacial score (nSPS) is 13.1. The molecule has 0 saturated heterocycles. The van der Waals surface area contributed by atoms with Crippen LogP contribution >= 0.6 is 11.3 Å². The molecule has 1 aliphatic rings. The Morgan fingerprint density at radius 2 is 1.73 bits per heavy atom. The molecule has 0 radical (unpaired) electrons. The number of aryl methyl sites for hydroxylation is 1. The molecular weight excluding hydrogens is 462 g/mol. The number of sulfonamides is 1. The van der Waals surface area contributed by atoms with Crippen LogP contribution in [0.3, 0.4) is 0 Å². The number of fused-ring (bicyclic) bond motifs is 1. The number of para-hydroxylation sites is 1. The van der Waals surface area contributed by atoms with E-state index in [4.69, 9.17) is 10.5 Å². The van der Waals surface area contributed by atoms with Crippen molar-refractivity contribution in [1.82, 2.24) is 0 Å². The van der Waals surface area contributed by atoms with Gasteiger partial charge in [0.2, 0.25) is 0 Å². The topological polar surface area (TPSA) is 128 Å². The first-order valence-electron chi connectivity index (χ1n) is 10.3. The van der Waals surface area contributed by atoms with Gasteiger partial charge in [0.15, 0.2) is 0 Å². The third-order valence-corrected chi connectivity index (χ3v) is 8.02. The van der Waals surface area contributed by atoms with E-state index in [-0.39, 0.29) is 16.1 Å². The summed E-state index contributed by atoms with van der Waals surface area (Å²) in [5, 5.41) is 3.17. The average molecular weight is 486 g/mol. The number of thiophene rings is 1. The maximum absolute atomic E-state index is 13.1. The lowest BCUT2D eigenvalue weighted by molar-refractivity contribution is 0.100. The SMILES string of the molecule is COc1ccc(S(=O)(=O)Nc2ccccc2C(=O)Nc2sc3c(c2C(N)=O)CCCC3)cc1. The maximum Gasteiger partial charge on any atom is 0.261 e. The predicted octanol–water partition coefficient (Wildman–Crippen LogP) is 3.79. The molecule has 172 valence electrons. The van der Waals surface area contributed by atoms with Gasteiger partial charge in [-0.3, -0.25) is 14.3 Å². The molecule has 8 nitrogen and oxygen atoms in total. The third kappa shape index (κ3) is 4.71. The van der Waals surface area contributed by atoms with Gasteiger partial charge >= 0.3 is 0 Å². The zero-order valence-corrected chi connectivity index (χ0v) is 19.5. The van der Waals surface area contributed by atoms with E-state index in [1.54, 1.807) is 12.1 Å². The highest BCUT2D eigenvalue weighted by Gasteiger charge is 2.26. The highest BCUT2D eigenvalue weighted by molar-refractivity contribution is 7.92. The minimum absolute atomic E-state index is 0.0282. The summed E-state index contributed by atoms with van der Waals surface area (Å²) in [5.74, 6) is -0.597. The molecule has 10 heteroatoms. The van der Waals surface area contributed by atoms with Crippen molar-refractivity contribution in [3.05, 3.63) is 70.1 Å². The Balaban J connectivity index is 1.62. The lowest BCUT2D eigenvalue weighted by Gasteiger charge is -2.13. The van der Waals surface area contributed by atoms with Gasteiger partial charge in [-0.1, -0.05) is 12.1 Å². The molecule has 4 N–H and O–H groups in total. The molecule has 33 heavy (non-hydrogen) atoms. The molecule has 1 aromatic heterocycles. The molecule has 0 atom stereocenters. The minimum Gasteiger partial charge on any atom is -0.497 e. The number of rotatable bonds is 7. The fourth-order valence-electron chi connectivity index (χ4n) is 3.81. The summed E-state index contributed by atoms with van der Waals surface area (Å²) < 4.78 is 33.3. The fraction of sp³-hybridized carbons (Fsp3) is 0.217. The first kappa shape index (κ1) is 22.8. The van der Waals surface area contributed by atoms with Crippen LogP contribution in [0.15, 0.2) is 53.4 Å². The van der Waals surface area contributed by atoms with E-state index in [0.717, 1.165) is 36.1 Å². The first-order valence-corrected chi connectivity index (χ1v) is 12.6. The summed E-state index contributed by atoms with van der Waals surface area (Å²) in [6, 6.07) is 12.2. The van der Waals surface area contributed by atoms with Crippen LogP contribution in [0.5, 0.6) is 5.75 Å². The molecule has 0 saturated carbocycles. The summed E-state index contributed by atoms with van der Waals surface area (Å²) in [6.45, 7) is 0. The summed E-state index contributed by atoms with van der Waals surface area (Å²) in [5.41, 5.74) is 7.10. The number of nitrogens with one attached hydrogen (secondary N) is 2. The number of hydrogen-bond acceptors (Lipinski definition) is 6. The van der Waals surface area contributed by atoms with Gasteiger partial charge in [0, 0.05) is 4.88 Å². The van der Waals surface area contributed by atoms with Gasteiger partial charge in [-0.15, -0.1) is 11.3 Å². The van der Waals surface area contributed by atoms with E-state index in [2.05, 4.69) is 10.0 Å². The largest absolute Gasteiger partial charge is 0.497 e. The molecule has 2 amide bonds. The van der Waals surface area contributed by atoms with Crippen LogP contribution in [0.2, 0.25) is 0 Å². The van der Waals surface area contributed by atoms with Crippen molar-refractivity contribution in [2.24, 2.45) is 5.73 Å². The average Bonchev–Trinajstić information content (AvgIpc) is 3.17. The van der Waals surface area contributed by atoms with Crippen LogP contribution in [0.25, 0.3) is 0 Å². The zero-order valence-electron chi connectivity index (χ0n) is 17.9. The number of hydrogen-bond donors (Lipinski definition) is 3. The Labute approximate surface area is 195 Å². The summed E-state index contributed by atoms with van der Waals surface area (Å²) in [6.07, 6.45) is 3.58. The monoisotopic (exact) mass is 485 g/mol. The molecule has 3 aromatic rings. The number of amides is 2. The minimum atomic E-state index is -3.95. The van der Waals surface area contributed by atoms with Gasteiger partial charge < -0.3 is 15.8 Å². The standard InChI is InChI=1S/C23H23N3O5S2/c1-31-14-10-12-15(13-11-14)33(29,30)26-18-8-4-2-6-16(18)22(28)25-23-20(21(24)27)17-7-3-5-9-19(17)32-23/h2,4,6,8,10-13,26H,3,5,7,9H2,1H3,(H2,24,27)(H,25,28). The zero-order chi connectivity index (χ0) is 23.6. The lowest BCUT2D eigenvalue weighted by atomic mass is 9.95. The number of ether oxygens (including phenoxy) is 1. The molecule has 0 spiro atoms. The van der Waals surface area contributed by atoms with Crippen molar-refractivity contribution in [2.75, 3.05) is 17.1 Å². The van der Waals surface area contributed by atoms with Crippen molar-refractivity contribution in [3.8, 4) is 5.75 Å². The van der Waals surface area contributed by atoms with Crippen molar-refractivity contribution in [3.63, 3.8) is 0 Å². The van der Waals surface area contributed by atoms with Gasteiger partial charge in [0.05, 0.1) is 28.8 Å². The summed E-state index contributed by atoms with van der Waals surface area (Å²) >= 11 is 1.35. The van der Waals surface area contributed by atoms with Gasteiger partial charge in [-0.2, -0.15) is 0 Å². The fourth-order valence-corrected chi connectivity index (χ4v) is 6.18. The van der Waals surface area contributed by atoms with E-state index < -0.39 is 21.8 Å². The molecular formula is C23H23N3O5S2. The quantitative estimate of drug-likeness (QED) is 0.469. The summed E-state index contributed by atoms with van der Waals surface area (Å²) in [7, 11) is -2.46. The maximum atomic E-state index is 13.1. The van der Waals surface area contributed by atoms with E-state index >= 15 is 0 Å². The van der Waals surface area contributed by atoms with Gasteiger partial charge in [0.1, 0.15) is 10.8 Å². The highest BCUT2D eigenvalue weighted by Crippen LogP contribution is 2.38. The Hall–Kier alpha value is -3.37. The second-order valence-electron chi connectivity index (χ2n) is 7.56. The molecule has 0 unspecified atom stereocenters. The third-order valence-electron chi connectivity index (χ3n) is 5.43. The summed E-state index contributed by atoms with van der Waals surface area (Å²) in [4.78, 5) is 26.3. The predicted molar refractivity (Wildman–Crippen MR) is 128 cm³/mol. The van der Waals surface area contributed by atoms with E-state index in [0.29, 0.717) is 16.3 Å². The molecule has 1 heterocycles. The smallest absolute Gasteiger partial charge is 0.261 e. The van der Waals surface area contributed by atoms with Gasteiger partial charge in [-0.05, 0) is 67.6 Å². The number of benzene rings is 2. The number of anilines is 2. The Bertz CT molecular complexity index is 1310. The van der Waals surface area contributed by atoms with Crippen molar-refractivity contribution < 1.29 is 22.7 Å². The number of methoxy groups -OCH3 is 1. The van der Waals surface area contributed by atoms with Crippen LogP contribution in [0.1, 0.15) is 44.0 Å². The first-order chi connectivity index (χ1) is 15.8. The number of carbonyl (C=O) groups excluding carboxylic acids is 2. The van der Waals surface area contributed by atoms with Crippen LogP contribution in [-0.4, -0.2) is 27.3 Å². The second kappa shape index (κ2) is 9.24. The van der Waals surface area contributed by atoms with Crippen LogP contribution in [0, 0.1) is 0 Å². The Kier molecular flexibility index (Phi) is 6.39. The van der Waals surface area contributed by atoms with Gasteiger partial charge in [0.25, 0.3) is 21.8 Å². The molecule has 0 bridgehead atoms. The molecule has 4 rings (SSSR count). The van der Waals surface area contributed by atoms with Crippen molar-refractivity contribution >= 4 is 43.9 Å². The van der Waals surface area contributed by atoms with Crippen LogP contribution < -0.4 is 20.5 Å². The number of primary amides is 1. The molecule has 0 fully saturated rings. The van der Waals surface area contributed by atoms with E-state index in [1.165, 1.54) is 54.8 Å².